The van der Waals surface area contributed by atoms with Crippen LogP contribution in [-0.4, -0.2) is 31.3 Å². The highest BCUT2D eigenvalue weighted by molar-refractivity contribution is 5.26. The van der Waals surface area contributed by atoms with Gasteiger partial charge in [0.2, 0.25) is 0 Å². The fourth-order valence-corrected chi connectivity index (χ4v) is 2.30. The summed E-state index contributed by atoms with van der Waals surface area (Å²) in [5, 5.41) is 16.5. The summed E-state index contributed by atoms with van der Waals surface area (Å²) >= 11 is 0. The number of nitrogens with one attached hydrogen (secondary N) is 1. The smallest absolute Gasteiger partial charge is 0.177 e. The molecule has 0 aliphatic carbocycles. The lowest BCUT2D eigenvalue weighted by molar-refractivity contribution is 0.520. The van der Waals surface area contributed by atoms with Crippen molar-refractivity contribution < 1.29 is 0 Å². The third kappa shape index (κ3) is 2.68. The molecule has 0 amide bonds. The van der Waals surface area contributed by atoms with Crippen LogP contribution in [-0.2, 0) is 13.5 Å². The van der Waals surface area contributed by atoms with E-state index in [4.69, 9.17) is 0 Å². The van der Waals surface area contributed by atoms with E-state index in [2.05, 4.69) is 41.5 Å². The van der Waals surface area contributed by atoms with Crippen LogP contribution in [0.2, 0.25) is 0 Å². The van der Waals surface area contributed by atoms with Gasteiger partial charge >= 0.3 is 0 Å². The molecule has 1 atom stereocenters. The predicted octanol–water partition coefficient (Wildman–Crippen LogP) is 1.62. The van der Waals surface area contributed by atoms with Gasteiger partial charge in [0.1, 0.15) is 5.69 Å². The molecule has 0 bridgehead atoms. The normalized spacial score (nSPS) is 12.8. The molecule has 0 saturated carbocycles. The van der Waals surface area contributed by atoms with Crippen molar-refractivity contribution in [2.45, 2.75) is 39.7 Å². The Kier molecular flexibility index (Phi) is 4.31. The number of nitrogens with zero attached hydrogens (tertiary/aromatic N) is 5. The van der Waals surface area contributed by atoms with Gasteiger partial charge in [-0.15, -0.1) is 5.10 Å². The van der Waals surface area contributed by atoms with Gasteiger partial charge in [-0.3, -0.25) is 4.68 Å². The van der Waals surface area contributed by atoms with Crippen molar-refractivity contribution in [3.05, 3.63) is 23.7 Å². The molecule has 0 spiro atoms. The average Bonchev–Trinajstić information content (AvgIpc) is 3.01. The Morgan fingerprint density at radius 2 is 2.11 bits per heavy atom. The highest BCUT2D eigenvalue weighted by atomic mass is 15.5. The number of aryl methyl sites for hydroxylation is 1. The minimum atomic E-state index is 0.261. The fourth-order valence-electron chi connectivity index (χ4n) is 2.30. The summed E-state index contributed by atoms with van der Waals surface area (Å²) in [4.78, 5) is 0. The van der Waals surface area contributed by atoms with Gasteiger partial charge in [0, 0.05) is 19.3 Å². The molecular weight excluding hydrogens is 240 g/mol. The Balaban J connectivity index is 2.39. The van der Waals surface area contributed by atoms with Crippen LogP contribution >= 0.6 is 0 Å². The van der Waals surface area contributed by atoms with Crippen LogP contribution in [0, 0.1) is 0 Å². The van der Waals surface area contributed by atoms with E-state index >= 15 is 0 Å². The van der Waals surface area contributed by atoms with E-state index in [-0.39, 0.29) is 6.04 Å². The fraction of sp³-hybridized carbons (Fsp3) is 0.615. The molecule has 0 aromatic carbocycles. The molecule has 1 N–H and O–H groups in total. The molecule has 6 heteroatoms. The lowest BCUT2D eigenvalue weighted by atomic mass is 10.1. The van der Waals surface area contributed by atoms with Crippen molar-refractivity contribution in [1.82, 2.24) is 30.1 Å². The van der Waals surface area contributed by atoms with Crippen LogP contribution in [0.4, 0.5) is 0 Å². The molecule has 0 aliphatic heterocycles. The van der Waals surface area contributed by atoms with Gasteiger partial charge in [0.25, 0.3) is 0 Å². The zero-order chi connectivity index (χ0) is 13.8. The first-order chi connectivity index (χ1) is 9.21. The Morgan fingerprint density at radius 3 is 2.63 bits per heavy atom. The van der Waals surface area contributed by atoms with E-state index in [9.17, 15) is 0 Å². The lowest BCUT2D eigenvalue weighted by Crippen LogP contribution is -2.21. The quantitative estimate of drug-likeness (QED) is 0.859. The maximum atomic E-state index is 4.39. The number of hydrogen-bond acceptors (Lipinski definition) is 4. The first-order valence-electron chi connectivity index (χ1n) is 6.89. The van der Waals surface area contributed by atoms with E-state index in [1.54, 1.807) is 4.68 Å². The van der Waals surface area contributed by atoms with Crippen molar-refractivity contribution in [1.29, 1.82) is 0 Å². The molecule has 2 rings (SSSR count). The third-order valence-corrected chi connectivity index (χ3v) is 3.23. The van der Waals surface area contributed by atoms with Crippen molar-refractivity contribution >= 4 is 0 Å². The SMILES string of the molecule is CCNC(CC)c1nnn(-c2ccn(C)n2)c1CC. The summed E-state index contributed by atoms with van der Waals surface area (Å²) in [7, 11) is 1.90. The molecule has 104 valence electrons. The molecule has 2 aromatic heterocycles. The first kappa shape index (κ1) is 13.7. The standard InChI is InChI=1S/C13H22N6/c1-5-10(14-7-3)13-11(6-2)19(17-15-13)12-8-9-18(4)16-12/h8-10,14H,5-7H2,1-4H3. The summed E-state index contributed by atoms with van der Waals surface area (Å²) in [5.74, 6) is 0.824. The monoisotopic (exact) mass is 262 g/mol. The molecule has 2 heterocycles. The van der Waals surface area contributed by atoms with Crippen LogP contribution in [0.3, 0.4) is 0 Å². The number of aromatic nitrogens is 5. The van der Waals surface area contributed by atoms with Gasteiger partial charge in [-0.1, -0.05) is 26.0 Å². The van der Waals surface area contributed by atoms with Gasteiger partial charge in [0.15, 0.2) is 5.82 Å². The van der Waals surface area contributed by atoms with Gasteiger partial charge in [-0.05, 0) is 19.4 Å². The van der Waals surface area contributed by atoms with E-state index in [1.165, 1.54) is 0 Å². The molecule has 2 aromatic rings. The van der Waals surface area contributed by atoms with Crippen LogP contribution in [0.5, 0.6) is 0 Å². The highest BCUT2D eigenvalue weighted by Gasteiger charge is 2.20. The average molecular weight is 262 g/mol. The first-order valence-corrected chi connectivity index (χ1v) is 6.89. The maximum absolute atomic E-state index is 4.39. The van der Waals surface area contributed by atoms with Crippen LogP contribution in [0.15, 0.2) is 12.3 Å². The Hall–Kier alpha value is -1.69. The van der Waals surface area contributed by atoms with Crippen molar-refractivity contribution in [2.24, 2.45) is 7.05 Å². The topological polar surface area (TPSA) is 60.6 Å². The van der Waals surface area contributed by atoms with Crippen LogP contribution in [0.25, 0.3) is 5.82 Å². The lowest BCUT2D eigenvalue weighted by Gasteiger charge is -2.14. The van der Waals surface area contributed by atoms with Crippen molar-refractivity contribution in [3.63, 3.8) is 0 Å². The molecule has 0 saturated heterocycles. The maximum Gasteiger partial charge on any atom is 0.177 e. The number of hydrogen-bond donors (Lipinski definition) is 1. The summed E-state index contributed by atoms with van der Waals surface area (Å²) in [6.45, 7) is 7.32. The van der Waals surface area contributed by atoms with E-state index in [0.717, 1.165) is 36.6 Å². The van der Waals surface area contributed by atoms with E-state index in [1.807, 2.05) is 24.0 Å². The largest absolute Gasteiger partial charge is 0.309 e. The van der Waals surface area contributed by atoms with Crippen LogP contribution in [0.1, 0.15) is 44.6 Å². The van der Waals surface area contributed by atoms with Crippen molar-refractivity contribution in [2.75, 3.05) is 6.54 Å². The second-order valence-corrected chi connectivity index (χ2v) is 4.55. The summed E-state index contributed by atoms with van der Waals surface area (Å²) in [5.41, 5.74) is 2.17. The second kappa shape index (κ2) is 5.97. The van der Waals surface area contributed by atoms with Gasteiger partial charge < -0.3 is 5.32 Å². The highest BCUT2D eigenvalue weighted by Crippen LogP contribution is 2.20. The molecule has 6 nitrogen and oxygen atoms in total. The predicted molar refractivity (Wildman–Crippen MR) is 74.2 cm³/mol. The molecule has 0 fully saturated rings. The van der Waals surface area contributed by atoms with Gasteiger partial charge in [-0.2, -0.15) is 9.78 Å². The van der Waals surface area contributed by atoms with Gasteiger partial charge in [-0.25, -0.2) is 0 Å². The Morgan fingerprint density at radius 1 is 1.32 bits per heavy atom. The van der Waals surface area contributed by atoms with Gasteiger partial charge in [0.05, 0.1) is 11.7 Å². The molecule has 1 unspecified atom stereocenters. The summed E-state index contributed by atoms with van der Waals surface area (Å²) in [6, 6.07) is 2.21. The minimum Gasteiger partial charge on any atom is -0.309 e. The molecule has 0 radical (unpaired) electrons. The van der Waals surface area contributed by atoms with E-state index < -0.39 is 0 Å². The van der Waals surface area contributed by atoms with E-state index in [0.29, 0.717) is 0 Å². The third-order valence-electron chi connectivity index (χ3n) is 3.23. The molecule has 19 heavy (non-hydrogen) atoms. The zero-order valence-corrected chi connectivity index (χ0v) is 12.1. The Bertz CT molecular complexity index is 527. The second-order valence-electron chi connectivity index (χ2n) is 4.55. The number of rotatable bonds is 6. The van der Waals surface area contributed by atoms with Crippen molar-refractivity contribution in [3.8, 4) is 5.82 Å². The summed E-state index contributed by atoms with van der Waals surface area (Å²) < 4.78 is 3.62. The zero-order valence-electron chi connectivity index (χ0n) is 12.1. The molecule has 0 aliphatic rings. The molecular formula is C13H22N6. The van der Waals surface area contributed by atoms with Crippen LogP contribution < -0.4 is 5.32 Å². The summed E-state index contributed by atoms with van der Waals surface area (Å²) in [6.07, 6.45) is 3.81. The minimum absolute atomic E-state index is 0.261. The Labute approximate surface area is 113 Å².